The van der Waals surface area contributed by atoms with Crippen LogP contribution < -0.4 is 5.32 Å². The number of hydrogen-bond acceptors (Lipinski definition) is 6. The van der Waals surface area contributed by atoms with Gasteiger partial charge in [0.05, 0.1) is 42.1 Å². The summed E-state index contributed by atoms with van der Waals surface area (Å²) in [6, 6.07) is 1.84. The quantitative estimate of drug-likeness (QED) is 0.630. The average Bonchev–Trinajstić information content (AvgIpc) is 3.31. The van der Waals surface area contributed by atoms with Gasteiger partial charge in [0.1, 0.15) is 6.54 Å². The Kier molecular flexibility index (Phi) is 5.82. The van der Waals surface area contributed by atoms with Crippen LogP contribution in [0.3, 0.4) is 0 Å². The summed E-state index contributed by atoms with van der Waals surface area (Å²) in [7, 11) is -3.32. The number of sulfone groups is 1. The maximum atomic E-state index is 12.9. The lowest BCUT2D eigenvalue weighted by molar-refractivity contribution is -0.144. The number of ether oxygens (including phenoxy) is 1. The van der Waals surface area contributed by atoms with Crippen LogP contribution in [0.4, 0.5) is 0 Å². The van der Waals surface area contributed by atoms with E-state index in [1.807, 2.05) is 6.07 Å². The summed E-state index contributed by atoms with van der Waals surface area (Å²) < 4.78 is 30.6. The number of carbonyl (C=O) groups excluding carboxylic acids is 2. The minimum absolute atomic E-state index is 0.146. The Morgan fingerprint density at radius 1 is 1.15 bits per heavy atom. The fraction of sp³-hybridized carbons (Fsp3) is 0.824. The second-order valence-corrected chi connectivity index (χ2v) is 9.72. The molecule has 1 heterocycles. The van der Waals surface area contributed by atoms with Gasteiger partial charge in [-0.25, -0.2) is 8.42 Å². The van der Waals surface area contributed by atoms with E-state index >= 15 is 0 Å². The largest absolute Gasteiger partial charge is 0.378 e. The van der Waals surface area contributed by atoms with E-state index in [0.717, 1.165) is 12.8 Å². The van der Waals surface area contributed by atoms with Gasteiger partial charge in [0.15, 0.2) is 9.84 Å². The molecule has 0 radical (unpaired) electrons. The molecule has 0 spiro atoms. The minimum Gasteiger partial charge on any atom is -0.378 e. The Morgan fingerprint density at radius 2 is 1.81 bits per heavy atom. The summed E-state index contributed by atoms with van der Waals surface area (Å²) in [5, 5.41) is 10.5. The summed E-state index contributed by atoms with van der Waals surface area (Å²) in [5.74, 6) is -1.53. The molecule has 0 aromatic rings. The van der Waals surface area contributed by atoms with Crippen molar-refractivity contribution in [2.45, 2.75) is 30.9 Å². The lowest BCUT2D eigenvalue weighted by Gasteiger charge is -2.30. The first-order valence-electron chi connectivity index (χ1n) is 9.15. The third-order valence-corrected chi connectivity index (χ3v) is 7.85. The van der Waals surface area contributed by atoms with Crippen LogP contribution in [0.15, 0.2) is 0 Å². The zero-order chi connectivity index (χ0) is 18.7. The summed E-state index contributed by atoms with van der Waals surface area (Å²) in [6.07, 6.45) is 2.23. The standard InChI is InChI=1S/C17H25N3O5S/c18-3-4-19-16(21)14-9-13(26(23,24)11-12-1-2-12)10-15(14)17(22)20-5-7-25-8-6-20/h12-15H,1-2,4-11H2,(H,19,21)/t13-,14-,15-/m1/s1. The van der Waals surface area contributed by atoms with Gasteiger partial charge in [0, 0.05) is 13.1 Å². The Labute approximate surface area is 153 Å². The number of rotatable bonds is 6. The van der Waals surface area contributed by atoms with E-state index in [2.05, 4.69) is 5.32 Å². The van der Waals surface area contributed by atoms with Crippen LogP contribution in [0.5, 0.6) is 0 Å². The first kappa shape index (κ1) is 19.1. The van der Waals surface area contributed by atoms with Gasteiger partial charge < -0.3 is 15.0 Å². The summed E-state index contributed by atoms with van der Waals surface area (Å²) in [4.78, 5) is 27.0. The molecule has 0 aromatic heterocycles. The number of nitriles is 1. The molecular formula is C17H25N3O5S. The van der Waals surface area contributed by atoms with Crippen LogP contribution in [0, 0.1) is 29.1 Å². The minimum atomic E-state index is -3.32. The maximum absolute atomic E-state index is 12.9. The highest BCUT2D eigenvalue weighted by Gasteiger charge is 2.49. The van der Waals surface area contributed by atoms with Crippen molar-refractivity contribution in [3.63, 3.8) is 0 Å². The lowest BCUT2D eigenvalue weighted by atomic mass is 9.93. The zero-order valence-electron chi connectivity index (χ0n) is 14.7. The predicted molar refractivity (Wildman–Crippen MR) is 92.5 cm³/mol. The van der Waals surface area contributed by atoms with Gasteiger partial charge in [-0.15, -0.1) is 0 Å². The molecule has 2 saturated carbocycles. The molecule has 3 rings (SSSR count). The van der Waals surface area contributed by atoms with Crippen molar-refractivity contribution >= 4 is 21.7 Å². The van der Waals surface area contributed by atoms with Crippen molar-refractivity contribution in [3.05, 3.63) is 0 Å². The first-order valence-corrected chi connectivity index (χ1v) is 10.9. The molecule has 0 bridgehead atoms. The van der Waals surface area contributed by atoms with Crippen molar-refractivity contribution in [2.75, 3.05) is 38.6 Å². The molecule has 1 aliphatic heterocycles. The SMILES string of the molecule is N#CCNC(=O)[C@@H]1C[C@@H](S(=O)(=O)CC2CC2)C[C@H]1C(=O)N1CCOCC1. The molecular weight excluding hydrogens is 358 g/mol. The highest BCUT2D eigenvalue weighted by atomic mass is 32.2. The molecule has 26 heavy (non-hydrogen) atoms. The number of nitrogens with zero attached hydrogens (tertiary/aromatic N) is 2. The van der Waals surface area contributed by atoms with Gasteiger partial charge in [-0.05, 0) is 31.6 Å². The monoisotopic (exact) mass is 383 g/mol. The van der Waals surface area contributed by atoms with Gasteiger partial charge in [-0.1, -0.05) is 0 Å². The van der Waals surface area contributed by atoms with Crippen molar-refractivity contribution in [3.8, 4) is 6.07 Å². The van der Waals surface area contributed by atoms with Crippen molar-refractivity contribution in [1.29, 1.82) is 5.26 Å². The maximum Gasteiger partial charge on any atom is 0.226 e. The van der Waals surface area contributed by atoms with Crippen LogP contribution in [-0.4, -0.2) is 69.0 Å². The summed E-state index contributed by atoms with van der Waals surface area (Å²) in [6.45, 7) is 1.68. The molecule has 0 aromatic carbocycles. The highest BCUT2D eigenvalue weighted by Crippen LogP contribution is 2.40. The van der Waals surface area contributed by atoms with Gasteiger partial charge in [-0.2, -0.15) is 5.26 Å². The van der Waals surface area contributed by atoms with E-state index in [1.165, 1.54) is 0 Å². The zero-order valence-corrected chi connectivity index (χ0v) is 15.5. The molecule has 2 amide bonds. The third-order valence-electron chi connectivity index (χ3n) is 5.51. The molecule has 1 saturated heterocycles. The first-order chi connectivity index (χ1) is 12.4. The normalized spacial score (nSPS) is 29.2. The molecule has 1 N–H and O–H groups in total. The molecule has 3 atom stereocenters. The second kappa shape index (κ2) is 7.92. The fourth-order valence-corrected chi connectivity index (χ4v) is 6.14. The Morgan fingerprint density at radius 3 is 2.42 bits per heavy atom. The van der Waals surface area contributed by atoms with Crippen molar-refractivity contribution < 1.29 is 22.7 Å². The van der Waals surface area contributed by atoms with Gasteiger partial charge in [0.2, 0.25) is 11.8 Å². The van der Waals surface area contributed by atoms with Crippen molar-refractivity contribution in [2.24, 2.45) is 17.8 Å². The number of morpholine rings is 1. The second-order valence-electron chi connectivity index (χ2n) is 7.39. The lowest BCUT2D eigenvalue weighted by Crippen LogP contribution is -2.46. The van der Waals surface area contributed by atoms with Crippen LogP contribution >= 0.6 is 0 Å². The van der Waals surface area contributed by atoms with Gasteiger partial charge in [-0.3, -0.25) is 9.59 Å². The third kappa shape index (κ3) is 4.35. The van der Waals surface area contributed by atoms with Gasteiger partial charge >= 0.3 is 0 Å². The van der Waals surface area contributed by atoms with Crippen LogP contribution in [0.2, 0.25) is 0 Å². The highest BCUT2D eigenvalue weighted by molar-refractivity contribution is 7.92. The molecule has 9 heteroatoms. The van der Waals surface area contributed by atoms with E-state index < -0.39 is 32.8 Å². The number of carbonyl (C=O) groups is 2. The summed E-state index contributed by atoms with van der Waals surface area (Å²) in [5.41, 5.74) is 0. The predicted octanol–water partition coefficient (Wildman–Crippen LogP) is -0.295. The van der Waals surface area contributed by atoms with Crippen LogP contribution in [0.1, 0.15) is 25.7 Å². The van der Waals surface area contributed by atoms with Gasteiger partial charge in [0.25, 0.3) is 0 Å². The van der Waals surface area contributed by atoms with E-state index in [9.17, 15) is 18.0 Å². The molecule has 0 unspecified atom stereocenters. The average molecular weight is 383 g/mol. The molecule has 3 aliphatic rings. The molecule has 144 valence electrons. The Bertz CT molecular complexity index is 692. The Balaban J connectivity index is 1.75. The van der Waals surface area contributed by atoms with Crippen LogP contribution in [0.25, 0.3) is 0 Å². The molecule has 2 aliphatic carbocycles. The molecule has 8 nitrogen and oxygen atoms in total. The molecule has 3 fully saturated rings. The number of hydrogen-bond donors (Lipinski definition) is 1. The number of nitrogens with one attached hydrogen (secondary N) is 1. The Hall–Kier alpha value is -1.66. The van der Waals surface area contributed by atoms with Crippen molar-refractivity contribution in [1.82, 2.24) is 10.2 Å². The topological polar surface area (TPSA) is 117 Å². The summed E-state index contributed by atoms with van der Waals surface area (Å²) >= 11 is 0. The smallest absolute Gasteiger partial charge is 0.226 e. The van der Waals surface area contributed by atoms with E-state index in [4.69, 9.17) is 10.00 Å². The van der Waals surface area contributed by atoms with E-state index in [-0.39, 0.29) is 37.0 Å². The van der Waals surface area contributed by atoms with Crippen LogP contribution in [-0.2, 0) is 24.2 Å². The van der Waals surface area contributed by atoms with E-state index in [1.54, 1.807) is 4.90 Å². The fourth-order valence-electron chi connectivity index (χ4n) is 3.87. The number of amides is 2. The van der Waals surface area contributed by atoms with E-state index in [0.29, 0.717) is 26.3 Å².